The average Bonchev–Trinajstić information content (AvgIpc) is 2.77. The molecule has 1 fully saturated rings. The van der Waals surface area contributed by atoms with Gasteiger partial charge in [0.25, 0.3) is 0 Å². The summed E-state index contributed by atoms with van der Waals surface area (Å²) in [5.41, 5.74) is 1.02. The van der Waals surface area contributed by atoms with Crippen molar-refractivity contribution in [3.8, 4) is 0 Å². The van der Waals surface area contributed by atoms with E-state index in [2.05, 4.69) is 20.5 Å². The van der Waals surface area contributed by atoms with Gasteiger partial charge in [-0.3, -0.25) is 14.8 Å². The smallest absolute Gasteiger partial charge is 0.407 e. The zero-order valence-electron chi connectivity index (χ0n) is 20.9. The molecule has 1 aliphatic rings. The fourth-order valence-corrected chi connectivity index (χ4v) is 4.48. The molecule has 1 aliphatic heterocycles. The number of ether oxygens (including phenoxy) is 1. The molecule has 35 heavy (non-hydrogen) atoms. The summed E-state index contributed by atoms with van der Waals surface area (Å²) in [6.07, 6.45) is 0.555. The quantitative estimate of drug-likeness (QED) is 0.558. The van der Waals surface area contributed by atoms with E-state index in [9.17, 15) is 19.1 Å². The molecule has 1 saturated heterocycles. The minimum absolute atomic E-state index is 0.0585. The van der Waals surface area contributed by atoms with E-state index in [1.54, 1.807) is 31.4 Å². The number of aromatic nitrogens is 1. The molecule has 10 heteroatoms. The lowest BCUT2D eigenvalue weighted by atomic mass is 9.71. The van der Waals surface area contributed by atoms with Gasteiger partial charge in [-0.05, 0) is 42.2 Å². The molecule has 0 saturated carbocycles. The number of rotatable bonds is 6. The third kappa shape index (κ3) is 6.07. The number of nitrogens with zero attached hydrogens (tertiary/aromatic N) is 3. The first-order valence-electron chi connectivity index (χ1n) is 11.5. The summed E-state index contributed by atoms with van der Waals surface area (Å²) >= 11 is 0. The number of carboxylic acid groups (broad SMARTS) is 1. The molecule has 0 aliphatic carbocycles. The third-order valence-electron chi connectivity index (χ3n) is 6.51. The Morgan fingerprint density at radius 2 is 1.94 bits per heavy atom. The van der Waals surface area contributed by atoms with E-state index in [1.165, 1.54) is 17.2 Å². The van der Waals surface area contributed by atoms with E-state index in [4.69, 9.17) is 4.74 Å². The fraction of sp³-hybridized carbons (Fsp3) is 0.480. The van der Waals surface area contributed by atoms with Crippen molar-refractivity contribution in [1.29, 1.82) is 0 Å². The number of methoxy groups -OCH3 is 1. The first-order valence-corrected chi connectivity index (χ1v) is 11.5. The Hall–Kier alpha value is -3.24. The van der Waals surface area contributed by atoms with Gasteiger partial charge in [0, 0.05) is 39.0 Å². The normalized spacial score (nSPS) is 18.9. The van der Waals surface area contributed by atoms with Crippen LogP contribution in [0.25, 0.3) is 0 Å². The summed E-state index contributed by atoms with van der Waals surface area (Å²) in [5.74, 6) is -0.551. The summed E-state index contributed by atoms with van der Waals surface area (Å²) < 4.78 is 19.9. The van der Waals surface area contributed by atoms with Gasteiger partial charge in [-0.2, -0.15) is 0 Å². The van der Waals surface area contributed by atoms with Gasteiger partial charge in [-0.1, -0.05) is 26.8 Å². The molecule has 1 atom stereocenters. The van der Waals surface area contributed by atoms with Gasteiger partial charge in [0.1, 0.15) is 5.82 Å². The number of hydrogen-bond donors (Lipinski definition) is 3. The molecular formula is C25H34FN5O4. The number of nitrogens with one attached hydrogen (secondary N) is 2. The van der Waals surface area contributed by atoms with Crippen molar-refractivity contribution >= 4 is 23.5 Å². The van der Waals surface area contributed by atoms with Gasteiger partial charge in [-0.25, -0.2) is 14.0 Å². The molecule has 3 N–H and O–H groups in total. The number of carbonyl (C=O) groups excluding carboxylic acids is 1. The Labute approximate surface area is 205 Å². The standard InChI is InChI=1S/C25H34FN5O4/c1-17-6-8-19(13-27-17)28-22(32)29-21-12-18(7-9-20(21)26)14-30-10-11-31(23(33)34)25(15-30,16-35-5)24(2,3)4/h6-9,12-13H,10-11,14-16H2,1-5H3,(H,33,34)(H2,28,29,32)/t25-/m0/s1. The molecule has 1 aromatic heterocycles. The third-order valence-corrected chi connectivity index (χ3v) is 6.51. The molecule has 9 nitrogen and oxygen atoms in total. The second-order valence-electron chi connectivity index (χ2n) is 9.94. The van der Waals surface area contributed by atoms with Crippen LogP contribution in [0.1, 0.15) is 32.0 Å². The largest absolute Gasteiger partial charge is 0.465 e. The van der Waals surface area contributed by atoms with Crippen LogP contribution in [0.4, 0.5) is 25.4 Å². The number of carbonyl (C=O) groups is 2. The van der Waals surface area contributed by atoms with Crippen molar-refractivity contribution in [3.63, 3.8) is 0 Å². The van der Waals surface area contributed by atoms with Crippen LogP contribution in [0.15, 0.2) is 36.5 Å². The lowest BCUT2D eigenvalue weighted by Crippen LogP contribution is -2.70. The summed E-state index contributed by atoms with van der Waals surface area (Å²) in [4.78, 5) is 32.2. The number of urea groups is 1. The minimum atomic E-state index is -0.973. The van der Waals surface area contributed by atoms with Crippen molar-refractivity contribution in [2.75, 3.05) is 44.0 Å². The van der Waals surface area contributed by atoms with Crippen molar-refractivity contribution in [2.45, 2.75) is 39.8 Å². The van der Waals surface area contributed by atoms with E-state index >= 15 is 0 Å². The van der Waals surface area contributed by atoms with Gasteiger partial charge >= 0.3 is 12.1 Å². The number of aryl methyl sites for hydroxylation is 1. The lowest BCUT2D eigenvalue weighted by molar-refractivity contribution is -0.0936. The van der Waals surface area contributed by atoms with Gasteiger partial charge < -0.3 is 20.5 Å². The van der Waals surface area contributed by atoms with Gasteiger partial charge in [-0.15, -0.1) is 0 Å². The van der Waals surface area contributed by atoms with E-state index in [0.717, 1.165) is 11.3 Å². The molecule has 0 bridgehead atoms. The molecule has 3 amide bonds. The molecule has 0 spiro atoms. The second-order valence-corrected chi connectivity index (χ2v) is 9.94. The van der Waals surface area contributed by atoms with Crippen molar-refractivity contribution < 1.29 is 23.8 Å². The zero-order valence-corrected chi connectivity index (χ0v) is 20.9. The molecule has 190 valence electrons. The van der Waals surface area contributed by atoms with Crippen LogP contribution < -0.4 is 10.6 Å². The Kier molecular flexibility index (Phi) is 7.97. The minimum Gasteiger partial charge on any atom is -0.465 e. The monoisotopic (exact) mass is 487 g/mol. The summed E-state index contributed by atoms with van der Waals surface area (Å²) in [7, 11) is 1.57. The maximum absolute atomic E-state index is 14.5. The first kappa shape index (κ1) is 26.4. The Balaban J connectivity index is 1.75. The predicted molar refractivity (Wildman–Crippen MR) is 132 cm³/mol. The molecule has 3 rings (SSSR count). The van der Waals surface area contributed by atoms with Crippen LogP contribution in [0.2, 0.25) is 0 Å². The Morgan fingerprint density at radius 3 is 2.54 bits per heavy atom. The molecule has 2 heterocycles. The van der Waals surface area contributed by atoms with E-state index in [0.29, 0.717) is 31.9 Å². The molecule has 0 unspecified atom stereocenters. The van der Waals surface area contributed by atoms with Crippen LogP contribution in [0, 0.1) is 18.2 Å². The molecular weight excluding hydrogens is 453 g/mol. The number of halogens is 1. The van der Waals surface area contributed by atoms with Crippen LogP contribution in [-0.4, -0.2) is 70.9 Å². The predicted octanol–water partition coefficient (Wildman–Crippen LogP) is 4.40. The maximum atomic E-state index is 14.5. The van der Waals surface area contributed by atoms with Crippen molar-refractivity contribution in [3.05, 3.63) is 53.6 Å². The van der Waals surface area contributed by atoms with Crippen LogP contribution in [0.5, 0.6) is 0 Å². The number of benzene rings is 1. The van der Waals surface area contributed by atoms with Crippen molar-refractivity contribution in [2.24, 2.45) is 5.41 Å². The average molecular weight is 488 g/mol. The highest BCUT2D eigenvalue weighted by molar-refractivity contribution is 5.99. The lowest BCUT2D eigenvalue weighted by Gasteiger charge is -2.55. The van der Waals surface area contributed by atoms with E-state index < -0.39 is 28.9 Å². The highest BCUT2D eigenvalue weighted by atomic mass is 19.1. The summed E-state index contributed by atoms with van der Waals surface area (Å²) in [6.45, 7) is 9.89. The summed E-state index contributed by atoms with van der Waals surface area (Å²) in [5, 5.41) is 15.1. The van der Waals surface area contributed by atoms with Crippen LogP contribution >= 0.6 is 0 Å². The second kappa shape index (κ2) is 10.6. The van der Waals surface area contributed by atoms with Crippen molar-refractivity contribution in [1.82, 2.24) is 14.8 Å². The topological polar surface area (TPSA) is 107 Å². The van der Waals surface area contributed by atoms with Crippen LogP contribution in [-0.2, 0) is 11.3 Å². The Morgan fingerprint density at radius 1 is 1.20 bits per heavy atom. The van der Waals surface area contributed by atoms with Gasteiger partial charge in [0.2, 0.25) is 0 Å². The highest BCUT2D eigenvalue weighted by Gasteiger charge is 2.52. The highest BCUT2D eigenvalue weighted by Crippen LogP contribution is 2.39. The molecule has 1 aromatic carbocycles. The first-order chi connectivity index (χ1) is 16.4. The number of hydrogen-bond acceptors (Lipinski definition) is 5. The number of anilines is 2. The molecule has 2 aromatic rings. The van der Waals surface area contributed by atoms with Gasteiger partial charge in [0.15, 0.2) is 0 Å². The number of pyridine rings is 1. The maximum Gasteiger partial charge on any atom is 0.407 e. The van der Waals surface area contributed by atoms with Gasteiger partial charge in [0.05, 0.1) is 29.7 Å². The Bertz CT molecular complexity index is 1060. The number of piperazine rings is 1. The fourth-order valence-electron chi connectivity index (χ4n) is 4.48. The zero-order chi connectivity index (χ0) is 25.8. The van der Waals surface area contributed by atoms with E-state index in [-0.39, 0.29) is 12.3 Å². The summed E-state index contributed by atoms with van der Waals surface area (Å²) in [6, 6.07) is 7.49. The SMILES string of the molecule is COC[C@]1(C(C)(C)C)CN(Cc2ccc(F)c(NC(=O)Nc3ccc(C)nc3)c2)CCN1C(=O)O. The molecule has 0 radical (unpaired) electrons. The van der Waals surface area contributed by atoms with Crippen LogP contribution in [0.3, 0.4) is 0 Å². The van der Waals surface area contributed by atoms with E-state index in [1.807, 2.05) is 27.7 Å². The number of amides is 3.